The summed E-state index contributed by atoms with van der Waals surface area (Å²) in [5, 5.41) is 4.52. The van der Waals surface area contributed by atoms with Crippen LogP contribution in [0.2, 0.25) is 0 Å². The van der Waals surface area contributed by atoms with Crippen LogP contribution in [0.25, 0.3) is 0 Å². The van der Waals surface area contributed by atoms with E-state index in [2.05, 4.69) is 10.6 Å². The molecule has 6 nitrogen and oxygen atoms in total. The van der Waals surface area contributed by atoms with Gasteiger partial charge in [-0.3, -0.25) is 0 Å². The van der Waals surface area contributed by atoms with E-state index >= 15 is 0 Å². The average molecular weight is 501 g/mol. The van der Waals surface area contributed by atoms with Crippen molar-refractivity contribution < 1.29 is 39.6 Å². The Hall–Kier alpha value is -2.45. The Morgan fingerprint density at radius 1 is 1.00 bits per heavy atom. The largest absolute Gasteiger partial charge is 0.416 e. The van der Waals surface area contributed by atoms with E-state index in [0.717, 1.165) is 24.3 Å². The molecule has 2 amide bonds. The molecule has 0 bridgehead atoms. The number of anilines is 2. The number of halogens is 6. The topological polar surface area (TPSA) is 87.3 Å². The molecule has 2 aromatic carbocycles. The van der Waals surface area contributed by atoms with E-state index in [1.165, 1.54) is 28.6 Å². The first-order valence-corrected chi connectivity index (χ1v) is 11.3. The normalized spacial score (nSPS) is 12.5. The third-order valence-electron chi connectivity index (χ3n) is 3.72. The lowest BCUT2D eigenvalue weighted by Crippen LogP contribution is -2.33. The maximum atomic E-state index is 12.8. The van der Waals surface area contributed by atoms with Gasteiger partial charge in [0.25, 0.3) is 0 Å². The van der Waals surface area contributed by atoms with Crippen molar-refractivity contribution in [1.82, 2.24) is 4.72 Å². The minimum atomic E-state index is -4.77. The Labute approximate surface area is 183 Å². The van der Waals surface area contributed by atoms with Crippen LogP contribution in [0, 0.1) is 0 Å². The molecule has 2 aromatic rings. The van der Waals surface area contributed by atoms with Crippen LogP contribution in [0.5, 0.6) is 0 Å². The molecule has 176 valence electrons. The summed E-state index contributed by atoms with van der Waals surface area (Å²) in [7, 11) is -4.54. The zero-order valence-electron chi connectivity index (χ0n) is 16.3. The SMILES string of the molecule is CCSc1ccc(S(=O)(=O)NCC(F)(F)F)cc1NC(=O)Nc1cccc(C(F)(F)F)c1. The molecule has 0 spiro atoms. The summed E-state index contributed by atoms with van der Waals surface area (Å²) < 4.78 is 101. The zero-order chi connectivity index (χ0) is 24.2. The monoisotopic (exact) mass is 501 g/mol. The Morgan fingerprint density at radius 3 is 2.28 bits per heavy atom. The number of thioether (sulfide) groups is 1. The van der Waals surface area contributed by atoms with E-state index in [4.69, 9.17) is 0 Å². The van der Waals surface area contributed by atoms with E-state index in [1.807, 2.05) is 0 Å². The molecule has 0 fully saturated rings. The van der Waals surface area contributed by atoms with Crippen LogP contribution in [0.1, 0.15) is 12.5 Å². The smallest absolute Gasteiger partial charge is 0.308 e. The molecule has 0 aliphatic rings. The van der Waals surface area contributed by atoms with Crippen molar-refractivity contribution >= 4 is 39.2 Å². The van der Waals surface area contributed by atoms with Gasteiger partial charge in [-0.05, 0) is 42.2 Å². The summed E-state index contributed by atoms with van der Waals surface area (Å²) in [6.07, 6.45) is -9.39. The third kappa shape index (κ3) is 7.60. The highest BCUT2D eigenvalue weighted by Crippen LogP contribution is 2.32. The van der Waals surface area contributed by atoms with Gasteiger partial charge in [0.1, 0.15) is 6.54 Å². The number of hydrogen-bond acceptors (Lipinski definition) is 4. The van der Waals surface area contributed by atoms with Crippen LogP contribution >= 0.6 is 11.8 Å². The molecule has 0 heterocycles. The molecule has 32 heavy (non-hydrogen) atoms. The third-order valence-corrected chi connectivity index (χ3v) is 6.07. The van der Waals surface area contributed by atoms with E-state index < -0.39 is 45.4 Å². The number of amides is 2. The number of carbonyl (C=O) groups is 1. The van der Waals surface area contributed by atoms with Gasteiger partial charge in [0.2, 0.25) is 10.0 Å². The first-order valence-electron chi connectivity index (χ1n) is 8.80. The molecule has 0 radical (unpaired) electrons. The molecule has 0 aliphatic heterocycles. The number of rotatable bonds is 7. The van der Waals surface area contributed by atoms with E-state index in [0.29, 0.717) is 16.7 Å². The minimum Gasteiger partial charge on any atom is -0.308 e. The second-order valence-electron chi connectivity index (χ2n) is 6.19. The van der Waals surface area contributed by atoms with E-state index in [1.54, 1.807) is 6.92 Å². The lowest BCUT2D eigenvalue weighted by atomic mass is 10.2. The number of sulfonamides is 1. The molecule has 3 N–H and O–H groups in total. The Morgan fingerprint density at radius 2 is 1.69 bits per heavy atom. The Balaban J connectivity index is 2.25. The molecule has 0 saturated heterocycles. The number of hydrogen-bond donors (Lipinski definition) is 3. The average Bonchev–Trinajstić information content (AvgIpc) is 2.67. The van der Waals surface area contributed by atoms with Gasteiger partial charge in [0.15, 0.2) is 0 Å². The maximum absolute atomic E-state index is 12.8. The molecule has 0 unspecified atom stereocenters. The van der Waals surface area contributed by atoms with Crippen LogP contribution < -0.4 is 15.4 Å². The molecule has 2 rings (SSSR count). The zero-order valence-corrected chi connectivity index (χ0v) is 17.9. The van der Waals surface area contributed by atoms with Gasteiger partial charge < -0.3 is 10.6 Å². The van der Waals surface area contributed by atoms with Crippen molar-refractivity contribution in [2.24, 2.45) is 0 Å². The van der Waals surface area contributed by atoms with Crippen LogP contribution in [-0.4, -0.2) is 32.9 Å². The van der Waals surface area contributed by atoms with Crippen LogP contribution in [0.3, 0.4) is 0 Å². The highest BCUT2D eigenvalue weighted by molar-refractivity contribution is 7.99. The van der Waals surface area contributed by atoms with Crippen molar-refractivity contribution in [2.75, 3.05) is 22.9 Å². The second-order valence-corrected chi connectivity index (χ2v) is 9.26. The van der Waals surface area contributed by atoms with Gasteiger partial charge in [-0.2, -0.15) is 26.3 Å². The molecule has 0 atom stereocenters. The summed E-state index contributed by atoms with van der Waals surface area (Å²) in [5.41, 5.74) is -1.20. The predicted octanol–water partition coefficient (Wildman–Crippen LogP) is 5.30. The van der Waals surface area contributed by atoms with Crippen molar-refractivity contribution in [2.45, 2.75) is 29.1 Å². The minimum absolute atomic E-state index is 0.0452. The van der Waals surface area contributed by atoms with Gasteiger partial charge in [0, 0.05) is 10.6 Å². The summed E-state index contributed by atoms with van der Waals surface area (Å²) in [6, 6.07) is 6.21. The lowest BCUT2D eigenvalue weighted by Gasteiger charge is -2.15. The number of urea groups is 1. The van der Waals surface area contributed by atoms with Gasteiger partial charge >= 0.3 is 18.4 Å². The molecule has 0 aromatic heterocycles. The number of nitrogens with one attached hydrogen (secondary N) is 3. The Kier molecular flexibility index (Phi) is 8.07. The first kappa shape index (κ1) is 25.8. The second kappa shape index (κ2) is 10.0. The van der Waals surface area contributed by atoms with Gasteiger partial charge in [-0.1, -0.05) is 13.0 Å². The van der Waals surface area contributed by atoms with Crippen molar-refractivity contribution in [1.29, 1.82) is 0 Å². The van der Waals surface area contributed by atoms with Crippen LogP contribution in [-0.2, 0) is 16.2 Å². The van der Waals surface area contributed by atoms with E-state index in [9.17, 15) is 39.6 Å². The van der Waals surface area contributed by atoms with Crippen molar-refractivity contribution in [3.8, 4) is 0 Å². The van der Waals surface area contributed by atoms with Crippen molar-refractivity contribution in [3.05, 3.63) is 48.0 Å². The lowest BCUT2D eigenvalue weighted by molar-refractivity contribution is -0.137. The maximum Gasteiger partial charge on any atom is 0.416 e. The molecule has 14 heteroatoms. The highest BCUT2D eigenvalue weighted by Gasteiger charge is 2.31. The summed E-state index contributed by atoms with van der Waals surface area (Å²) in [6.45, 7) is -0.00766. The summed E-state index contributed by atoms with van der Waals surface area (Å²) in [5.74, 6) is 0.516. The molecule has 0 saturated carbocycles. The fourth-order valence-electron chi connectivity index (χ4n) is 2.37. The Bertz CT molecular complexity index is 1070. The summed E-state index contributed by atoms with van der Waals surface area (Å²) in [4.78, 5) is 12.2. The fourth-order valence-corrected chi connectivity index (χ4v) is 4.15. The molecular formula is C18H17F6N3O3S2. The summed E-state index contributed by atoms with van der Waals surface area (Å²) >= 11 is 1.21. The predicted molar refractivity (Wildman–Crippen MR) is 108 cm³/mol. The standard InChI is InChI=1S/C18H17F6N3O3S2/c1-2-31-15-7-6-13(32(29,30)25-10-17(19,20)21)9-14(15)27-16(28)26-12-5-3-4-11(8-12)18(22,23)24/h3-9,25H,2,10H2,1H3,(H2,26,27,28). The fraction of sp³-hybridized carbons (Fsp3) is 0.278. The number of carbonyl (C=O) groups excluding carboxylic acids is 1. The highest BCUT2D eigenvalue weighted by atomic mass is 32.2. The number of alkyl halides is 6. The van der Waals surface area contributed by atoms with Gasteiger partial charge in [0.05, 0.1) is 16.1 Å². The molecule has 0 aliphatic carbocycles. The van der Waals surface area contributed by atoms with Crippen molar-refractivity contribution in [3.63, 3.8) is 0 Å². The first-order chi connectivity index (χ1) is 14.7. The quantitative estimate of drug-likeness (QED) is 0.355. The molecular weight excluding hydrogens is 484 g/mol. The number of benzene rings is 2. The van der Waals surface area contributed by atoms with Gasteiger partial charge in [-0.15, -0.1) is 11.8 Å². The van der Waals surface area contributed by atoms with Crippen LogP contribution in [0.15, 0.2) is 52.3 Å². The van der Waals surface area contributed by atoms with E-state index in [-0.39, 0.29) is 11.4 Å². The van der Waals surface area contributed by atoms with Crippen LogP contribution in [0.4, 0.5) is 42.5 Å². The van der Waals surface area contributed by atoms with Gasteiger partial charge in [-0.25, -0.2) is 17.9 Å².